The minimum atomic E-state index is -0.620. The number of aliphatic hydroxyl groups is 1. The van der Waals surface area contributed by atoms with Crippen LogP contribution in [0.4, 0.5) is 0 Å². The number of hydrogen-bond donors (Lipinski definition) is 2. The highest BCUT2D eigenvalue weighted by Gasteiger charge is 2.23. The van der Waals surface area contributed by atoms with Crippen LogP contribution in [-0.4, -0.2) is 23.7 Å². The van der Waals surface area contributed by atoms with Gasteiger partial charge in [-0.1, -0.05) is 32.4 Å². The Bertz CT molecular complexity index is 628. The van der Waals surface area contributed by atoms with E-state index in [9.17, 15) is 9.90 Å². The monoisotopic (exact) mass is 295 g/mol. The Balaban J connectivity index is 2.08. The van der Waals surface area contributed by atoms with Crippen molar-refractivity contribution in [3.8, 4) is 0 Å². The first-order chi connectivity index (χ1) is 9.27. The van der Waals surface area contributed by atoms with Gasteiger partial charge in [-0.2, -0.15) is 0 Å². The van der Waals surface area contributed by atoms with Crippen LogP contribution in [0.15, 0.2) is 28.7 Å². The van der Waals surface area contributed by atoms with Gasteiger partial charge in [-0.15, -0.1) is 0 Å². The maximum absolute atomic E-state index is 12.0. The summed E-state index contributed by atoms with van der Waals surface area (Å²) in [5.41, 5.74) is 0.324. The fourth-order valence-corrected chi connectivity index (χ4v) is 1.89. The van der Waals surface area contributed by atoms with Crippen molar-refractivity contribution in [2.24, 2.45) is 5.41 Å². The van der Waals surface area contributed by atoms with E-state index in [4.69, 9.17) is 16.0 Å². The number of rotatable bonds is 3. The van der Waals surface area contributed by atoms with E-state index in [1.807, 2.05) is 20.8 Å². The van der Waals surface area contributed by atoms with Crippen LogP contribution < -0.4 is 5.32 Å². The van der Waals surface area contributed by atoms with E-state index in [-0.39, 0.29) is 23.6 Å². The summed E-state index contributed by atoms with van der Waals surface area (Å²) in [6, 6.07) is 6.80. The number of furan rings is 1. The molecule has 2 N–H and O–H groups in total. The zero-order valence-electron chi connectivity index (χ0n) is 11.7. The quantitative estimate of drug-likeness (QED) is 0.914. The van der Waals surface area contributed by atoms with Crippen molar-refractivity contribution >= 4 is 28.5 Å². The number of halogens is 1. The van der Waals surface area contributed by atoms with Crippen LogP contribution in [0.25, 0.3) is 11.0 Å². The van der Waals surface area contributed by atoms with Crippen molar-refractivity contribution < 1.29 is 14.3 Å². The number of aliphatic hydroxyl groups excluding tert-OH is 1. The average molecular weight is 296 g/mol. The van der Waals surface area contributed by atoms with Gasteiger partial charge < -0.3 is 14.8 Å². The highest BCUT2D eigenvalue weighted by Crippen LogP contribution is 2.23. The van der Waals surface area contributed by atoms with E-state index >= 15 is 0 Å². The highest BCUT2D eigenvalue weighted by atomic mass is 35.5. The first kappa shape index (κ1) is 14.9. The fourth-order valence-electron chi connectivity index (χ4n) is 1.71. The van der Waals surface area contributed by atoms with Gasteiger partial charge in [0.15, 0.2) is 5.76 Å². The number of amides is 1. The van der Waals surface area contributed by atoms with Gasteiger partial charge in [-0.05, 0) is 29.7 Å². The molecule has 0 aliphatic heterocycles. The Hall–Kier alpha value is -1.52. The Morgan fingerprint density at radius 3 is 2.75 bits per heavy atom. The third-order valence-electron chi connectivity index (χ3n) is 3.16. The van der Waals surface area contributed by atoms with E-state index < -0.39 is 6.10 Å². The molecule has 1 aromatic carbocycles. The second kappa shape index (κ2) is 5.46. The van der Waals surface area contributed by atoms with Gasteiger partial charge >= 0.3 is 0 Å². The standard InChI is InChI=1S/C15H18ClNO3/c1-15(2,3)13(18)8-17-14(19)12-7-9-6-10(16)4-5-11(9)20-12/h4-7,13,18H,8H2,1-3H3,(H,17,19). The summed E-state index contributed by atoms with van der Waals surface area (Å²) in [6.07, 6.45) is -0.620. The summed E-state index contributed by atoms with van der Waals surface area (Å²) in [6.45, 7) is 5.91. The number of nitrogens with one attached hydrogen (secondary N) is 1. The lowest BCUT2D eigenvalue weighted by molar-refractivity contribution is 0.0579. The van der Waals surface area contributed by atoms with Gasteiger partial charge in [0.1, 0.15) is 5.58 Å². The molecule has 2 aromatic rings. The van der Waals surface area contributed by atoms with E-state index in [1.165, 1.54) is 0 Å². The second-order valence-electron chi connectivity index (χ2n) is 5.88. The van der Waals surface area contributed by atoms with Gasteiger partial charge in [0.25, 0.3) is 5.91 Å². The molecule has 5 heteroatoms. The Labute approximate surface area is 122 Å². The van der Waals surface area contributed by atoms with Crippen LogP contribution in [-0.2, 0) is 0 Å². The average Bonchev–Trinajstić information content (AvgIpc) is 2.77. The summed E-state index contributed by atoms with van der Waals surface area (Å²) in [5, 5.41) is 13.9. The van der Waals surface area contributed by atoms with Crippen LogP contribution in [0.5, 0.6) is 0 Å². The molecule has 0 spiro atoms. The molecule has 0 fully saturated rings. The van der Waals surface area contributed by atoms with Crippen LogP contribution in [0.1, 0.15) is 31.3 Å². The van der Waals surface area contributed by atoms with Crippen molar-refractivity contribution in [2.75, 3.05) is 6.54 Å². The van der Waals surface area contributed by atoms with Crippen LogP contribution in [0, 0.1) is 5.41 Å². The molecule has 0 saturated carbocycles. The minimum Gasteiger partial charge on any atom is -0.451 e. The van der Waals surface area contributed by atoms with Gasteiger partial charge in [0.2, 0.25) is 0 Å². The number of benzene rings is 1. The van der Waals surface area contributed by atoms with E-state index in [0.717, 1.165) is 5.39 Å². The number of carbonyl (C=O) groups is 1. The summed E-state index contributed by atoms with van der Waals surface area (Å²) in [7, 11) is 0. The van der Waals surface area contributed by atoms with E-state index in [1.54, 1.807) is 24.3 Å². The van der Waals surface area contributed by atoms with Crippen molar-refractivity contribution in [2.45, 2.75) is 26.9 Å². The molecule has 2 rings (SSSR count). The van der Waals surface area contributed by atoms with Crippen molar-refractivity contribution in [3.05, 3.63) is 35.0 Å². The summed E-state index contributed by atoms with van der Waals surface area (Å²) < 4.78 is 5.45. The van der Waals surface area contributed by atoms with Gasteiger partial charge in [0, 0.05) is 17.0 Å². The second-order valence-corrected chi connectivity index (χ2v) is 6.32. The first-order valence-corrected chi connectivity index (χ1v) is 6.80. The third kappa shape index (κ3) is 3.32. The molecule has 1 atom stereocenters. The van der Waals surface area contributed by atoms with Gasteiger partial charge in [-0.25, -0.2) is 0 Å². The lowest BCUT2D eigenvalue weighted by atomic mass is 9.89. The molecule has 0 radical (unpaired) electrons. The summed E-state index contributed by atoms with van der Waals surface area (Å²) >= 11 is 5.89. The summed E-state index contributed by atoms with van der Waals surface area (Å²) in [4.78, 5) is 12.0. The smallest absolute Gasteiger partial charge is 0.287 e. The zero-order valence-corrected chi connectivity index (χ0v) is 12.5. The molecule has 20 heavy (non-hydrogen) atoms. The maximum atomic E-state index is 12.0. The molecule has 108 valence electrons. The number of hydrogen-bond acceptors (Lipinski definition) is 3. The minimum absolute atomic E-state index is 0.181. The van der Waals surface area contributed by atoms with Crippen LogP contribution in [0.2, 0.25) is 5.02 Å². The number of carbonyl (C=O) groups excluding carboxylic acids is 1. The molecule has 0 bridgehead atoms. The van der Waals surface area contributed by atoms with Gasteiger partial charge in [0.05, 0.1) is 6.10 Å². The predicted molar refractivity (Wildman–Crippen MR) is 79.0 cm³/mol. The SMILES string of the molecule is CC(C)(C)C(O)CNC(=O)c1cc2cc(Cl)ccc2o1. The molecule has 1 aromatic heterocycles. The fraction of sp³-hybridized carbons (Fsp3) is 0.400. The van der Waals surface area contributed by atoms with Crippen LogP contribution in [0.3, 0.4) is 0 Å². The zero-order chi connectivity index (χ0) is 14.9. The molecule has 0 aliphatic carbocycles. The predicted octanol–water partition coefficient (Wildman–Crippen LogP) is 3.22. The van der Waals surface area contributed by atoms with E-state index in [0.29, 0.717) is 10.6 Å². The molecular weight excluding hydrogens is 278 g/mol. The Morgan fingerprint density at radius 2 is 2.10 bits per heavy atom. The maximum Gasteiger partial charge on any atom is 0.287 e. The molecule has 1 heterocycles. The van der Waals surface area contributed by atoms with Crippen molar-refractivity contribution in [1.29, 1.82) is 0 Å². The molecule has 4 nitrogen and oxygen atoms in total. The van der Waals surface area contributed by atoms with Gasteiger partial charge in [-0.3, -0.25) is 4.79 Å². The lowest BCUT2D eigenvalue weighted by Gasteiger charge is -2.25. The molecular formula is C15H18ClNO3. The van der Waals surface area contributed by atoms with Crippen molar-refractivity contribution in [3.63, 3.8) is 0 Å². The lowest BCUT2D eigenvalue weighted by Crippen LogP contribution is -2.39. The Kier molecular flexibility index (Phi) is 4.06. The first-order valence-electron chi connectivity index (χ1n) is 6.43. The summed E-state index contributed by atoms with van der Waals surface area (Å²) in [5.74, 6) is -0.135. The number of fused-ring (bicyclic) bond motifs is 1. The van der Waals surface area contributed by atoms with E-state index in [2.05, 4.69) is 5.32 Å². The van der Waals surface area contributed by atoms with Crippen molar-refractivity contribution in [1.82, 2.24) is 5.32 Å². The van der Waals surface area contributed by atoms with Crippen LogP contribution >= 0.6 is 11.6 Å². The topological polar surface area (TPSA) is 62.5 Å². The third-order valence-corrected chi connectivity index (χ3v) is 3.39. The Morgan fingerprint density at radius 1 is 1.40 bits per heavy atom. The highest BCUT2D eigenvalue weighted by molar-refractivity contribution is 6.31. The molecule has 1 amide bonds. The largest absolute Gasteiger partial charge is 0.451 e. The normalized spacial score (nSPS) is 13.4. The molecule has 0 aliphatic rings. The molecule has 0 saturated heterocycles. The molecule has 1 unspecified atom stereocenters.